The summed E-state index contributed by atoms with van der Waals surface area (Å²) in [5.41, 5.74) is -0.710. The molecule has 0 spiro atoms. The Morgan fingerprint density at radius 3 is 2.35 bits per heavy atom. The van der Waals surface area contributed by atoms with Crippen molar-refractivity contribution in [2.24, 2.45) is 0 Å². The van der Waals surface area contributed by atoms with Crippen molar-refractivity contribution in [3.63, 3.8) is 0 Å². The van der Waals surface area contributed by atoms with Crippen LogP contribution in [0.3, 0.4) is 0 Å². The summed E-state index contributed by atoms with van der Waals surface area (Å²) in [4.78, 5) is 26.9. The van der Waals surface area contributed by atoms with E-state index in [-0.39, 0.29) is 17.9 Å². The van der Waals surface area contributed by atoms with Gasteiger partial charge in [-0.15, -0.1) is 0 Å². The normalized spacial score (nSPS) is 22.0. The summed E-state index contributed by atoms with van der Waals surface area (Å²) in [5, 5.41) is 2.91. The van der Waals surface area contributed by atoms with Gasteiger partial charge in [0.05, 0.1) is 6.61 Å². The summed E-state index contributed by atoms with van der Waals surface area (Å²) in [6.07, 6.45) is 2.83. The second-order valence-electron chi connectivity index (χ2n) is 5.24. The molecule has 0 radical (unpaired) electrons. The van der Waals surface area contributed by atoms with Gasteiger partial charge < -0.3 is 15.0 Å². The highest BCUT2D eigenvalue weighted by Crippen LogP contribution is 2.29. The summed E-state index contributed by atoms with van der Waals surface area (Å²) in [5.74, 6) is 0.0203. The second kappa shape index (κ2) is 7.62. The molecule has 0 aliphatic carbocycles. The molecule has 2 amide bonds. The number of nitrogens with one attached hydrogen (secondary N) is 1. The van der Waals surface area contributed by atoms with Gasteiger partial charge in [0.2, 0.25) is 11.8 Å². The Bertz CT molecular complexity index is 340. The van der Waals surface area contributed by atoms with Crippen molar-refractivity contribution in [3.8, 4) is 0 Å². The van der Waals surface area contributed by atoms with Crippen molar-refractivity contribution >= 4 is 11.8 Å². The Labute approximate surface area is 122 Å². The molecule has 0 bridgehead atoms. The summed E-state index contributed by atoms with van der Waals surface area (Å²) < 4.78 is 5.37. The average Bonchev–Trinajstić information content (AvgIpc) is 2.45. The molecule has 1 aliphatic rings. The Morgan fingerprint density at radius 1 is 1.20 bits per heavy atom. The van der Waals surface area contributed by atoms with Gasteiger partial charge in [-0.2, -0.15) is 0 Å². The number of rotatable bonds is 8. The van der Waals surface area contributed by atoms with Crippen LogP contribution in [0.4, 0.5) is 0 Å². The zero-order chi connectivity index (χ0) is 15.2. The molecular formula is C15H28N2O3. The van der Waals surface area contributed by atoms with E-state index in [1.807, 2.05) is 27.7 Å². The molecule has 116 valence electrons. The van der Waals surface area contributed by atoms with Crippen LogP contribution in [0.2, 0.25) is 0 Å². The molecule has 0 saturated carbocycles. The number of piperazine rings is 1. The van der Waals surface area contributed by atoms with Crippen LogP contribution in [-0.4, -0.2) is 48.1 Å². The topological polar surface area (TPSA) is 58.6 Å². The van der Waals surface area contributed by atoms with Crippen molar-refractivity contribution in [2.45, 2.75) is 65.0 Å². The van der Waals surface area contributed by atoms with E-state index in [9.17, 15) is 9.59 Å². The number of amides is 2. The molecule has 1 atom stereocenters. The maximum Gasteiger partial charge on any atom is 0.246 e. The van der Waals surface area contributed by atoms with Gasteiger partial charge in [0.1, 0.15) is 11.6 Å². The van der Waals surface area contributed by atoms with Crippen LogP contribution in [0.25, 0.3) is 0 Å². The predicted molar refractivity (Wildman–Crippen MR) is 78.4 cm³/mol. The van der Waals surface area contributed by atoms with E-state index < -0.39 is 5.54 Å². The van der Waals surface area contributed by atoms with Crippen LogP contribution in [0.15, 0.2) is 0 Å². The highest BCUT2D eigenvalue weighted by molar-refractivity contribution is 5.99. The number of hydrogen-bond acceptors (Lipinski definition) is 3. The molecule has 5 nitrogen and oxygen atoms in total. The van der Waals surface area contributed by atoms with E-state index in [4.69, 9.17) is 4.74 Å². The molecule has 0 aromatic heterocycles. The summed E-state index contributed by atoms with van der Waals surface area (Å²) in [6, 6.07) is -0.375. The molecule has 1 N–H and O–H groups in total. The third-order valence-electron chi connectivity index (χ3n) is 4.22. The largest absolute Gasteiger partial charge is 0.380 e. The maximum atomic E-state index is 12.6. The fraction of sp³-hybridized carbons (Fsp3) is 0.867. The van der Waals surface area contributed by atoms with E-state index in [1.165, 1.54) is 0 Å². The highest BCUT2D eigenvalue weighted by atomic mass is 16.5. The molecule has 20 heavy (non-hydrogen) atoms. The Balaban J connectivity index is 2.97. The third-order valence-corrected chi connectivity index (χ3v) is 4.22. The van der Waals surface area contributed by atoms with Crippen molar-refractivity contribution in [1.82, 2.24) is 10.2 Å². The number of hydrogen-bond donors (Lipinski definition) is 1. The number of carbonyl (C=O) groups excluding carboxylic acids is 2. The third kappa shape index (κ3) is 3.14. The van der Waals surface area contributed by atoms with Gasteiger partial charge in [-0.05, 0) is 26.2 Å². The molecule has 1 rings (SSSR count). The number of carbonyl (C=O) groups is 2. The monoisotopic (exact) mass is 284 g/mol. The first-order valence-corrected chi connectivity index (χ1v) is 7.77. The SMILES string of the molecule is CCCC1NC(=O)C(CC)(CC)N(CCOCC)C1=O. The smallest absolute Gasteiger partial charge is 0.246 e. The second-order valence-corrected chi connectivity index (χ2v) is 5.24. The van der Waals surface area contributed by atoms with Gasteiger partial charge >= 0.3 is 0 Å². The van der Waals surface area contributed by atoms with Crippen LogP contribution in [0, 0.1) is 0 Å². The fourth-order valence-electron chi connectivity index (χ4n) is 2.94. The number of nitrogens with zero attached hydrogens (tertiary/aromatic N) is 1. The van der Waals surface area contributed by atoms with E-state index in [0.717, 1.165) is 6.42 Å². The fourth-order valence-corrected chi connectivity index (χ4v) is 2.94. The molecule has 1 aliphatic heterocycles. The van der Waals surface area contributed by atoms with Crippen molar-refractivity contribution in [3.05, 3.63) is 0 Å². The minimum absolute atomic E-state index is 0.0166. The summed E-state index contributed by atoms with van der Waals surface area (Å²) >= 11 is 0. The van der Waals surface area contributed by atoms with Gasteiger partial charge in [-0.1, -0.05) is 27.2 Å². The van der Waals surface area contributed by atoms with E-state index in [1.54, 1.807) is 4.90 Å². The van der Waals surface area contributed by atoms with Crippen molar-refractivity contribution in [1.29, 1.82) is 0 Å². The lowest BCUT2D eigenvalue weighted by Gasteiger charge is -2.47. The minimum atomic E-state index is -0.710. The van der Waals surface area contributed by atoms with Gasteiger partial charge in [0.15, 0.2) is 0 Å². The Hall–Kier alpha value is -1.10. The van der Waals surface area contributed by atoms with Crippen LogP contribution in [0.5, 0.6) is 0 Å². The maximum absolute atomic E-state index is 12.6. The van der Waals surface area contributed by atoms with E-state index in [0.29, 0.717) is 39.0 Å². The van der Waals surface area contributed by atoms with Crippen molar-refractivity contribution in [2.75, 3.05) is 19.8 Å². The molecule has 1 saturated heterocycles. The van der Waals surface area contributed by atoms with E-state index in [2.05, 4.69) is 5.32 Å². The van der Waals surface area contributed by atoms with Crippen molar-refractivity contribution < 1.29 is 14.3 Å². The lowest BCUT2D eigenvalue weighted by atomic mass is 9.85. The minimum Gasteiger partial charge on any atom is -0.380 e. The molecule has 5 heteroatoms. The number of ether oxygens (including phenoxy) is 1. The van der Waals surface area contributed by atoms with Crippen LogP contribution in [0.1, 0.15) is 53.4 Å². The quantitative estimate of drug-likeness (QED) is 0.690. The first-order chi connectivity index (χ1) is 9.57. The highest BCUT2D eigenvalue weighted by Gasteiger charge is 2.49. The average molecular weight is 284 g/mol. The molecule has 1 heterocycles. The Morgan fingerprint density at radius 2 is 1.85 bits per heavy atom. The molecule has 1 fully saturated rings. The van der Waals surface area contributed by atoms with E-state index >= 15 is 0 Å². The lowest BCUT2D eigenvalue weighted by Crippen LogP contribution is -2.70. The molecule has 1 unspecified atom stereocenters. The molecular weight excluding hydrogens is 256 g/mol. The zero-order valence-electron chi connectivity index (χ0n) is 13.2. The molecule has 0 aromatic rings. The standard InChI is InChI=1S/C15H28N2O3/c1-5-9-12-13(18)17(10-11-20-8-4)15(6-2,7-3)14(19)16-12/h12H,5-11H2,1-4H3,(H,16,19). The zero-order valence-corrected chi connectivity index (χ0v) is 13.2. The predicted octanol–water partition coefficient (Wildman–Crippen LogP) is 1.71. The van der Waals surface area contributed by atoms with Gasteiger partial charge in [-0.25, -0.2) is 0 Å². The van der Waals surface area contributed by atoms with Crippen LogP contribution in [-0.2, 0) is 14.3 Å². The summed E-state index contributed by atoms with van der Waals surface area (Å²) in [6.45, 7) is 9.47. The van der Waals surface area contributed by atoms with Gasteiger partial charge in [-0.3, -0.25) is 9.59 Å². The van der Waals surface area contributed by atoms with Gasteiger partial charge in [0.25, 0.3) is 0 Å². The summed E-state index contributed by atoms with van der Waals surface area (Å²) in [7, 11) is 0. The van der Waals surface area contributed by atoms with Crippen LogP contribution < -0.4 is 5.32 Å². The lowest BCUT2D eigenvalue weighted by molar-refractivity contribution is -0.159. The Kier molecular flexibility index (Phi) is 6.46. The van der Waals surface area contributed by atoms with Gasteiger partial charge in [0, 0.05) is 13.2 Å². The first kappa shape index (κ1) is 17.0. The first-order valence-electron chi connectivity index (χ1n) is 7.77. The molecule has 0 aromatic carbocycles. The van der Waals surface area contributed by atoms with Crippen LogP contribution >= 0.6 is 0 Å².